The Labute approximate surface area is 167 Å². The summed E-state index contributed by atoms with van der Waals surface area (Å²) in [6, 6.07) is 11.1. The van der Waals surface area contributed by atoms with Crippen LogP contribution in [0.3, 0.4) is 0 Å². The number of hydrogen-bond acceptors (Lipinski definition) is 3. The molecule has 5 rings (SSSR count). The van der Waals surface area contributed by atoms with Gasteiger partial charge in [-0.15, -0.1) is 0 Å². The number of alkyl halides is 2. The summed E-state index contributed by atoms with van der Waals surface area (Å²) in [5.41, 5.74) is 4.07. The highest BCUT2D eigenvalue weighted by Gasteiger charge is 2.33. The van der Waals surface area contributed by atoms with Gasteiger partial charge in [-0.1, -0.05) is 18.2 Å². The Hall–Kier alpha value is -3.09. The molecule has 1 aliphatic rings. The molecule has 0 bridgehead atoms. The van der Waals surface area contributed by atoms with Crippen molar-refractivity contribution in [3.63, 3.8) is 0 Å². The first-order valence-electron chi connectivity index (χ1n) is 9.88. The zero-order chi connectivity index (χ0) is 20.1. The molecule has 1 saturated carbocycles. The van der Waals surface area contributed by atoms with Crippen molar-refractivity contribution in [2.24, 2.45) is 0 Å². The number of benzene rings is 1. The summed E-state index contributed by atoms with van der Waals surface area (Å²) in [6.07, 6.45) is 1.22. The van der Waals surface area contributed by atoms with E-state index in [1.54, 1.807) is 9.36 Å². The molecule has 0 amide bonds. The van der Waals surface area contributed by atoms with Gasteiger partial charge in [-0.05, 0) is 44.9 Å². The van der Waals surface area contributed by atoms with Gasteiger partial charge >= 0.3 is 0 Å². The van der Waals surface area contributed by atoms with Gasteiger partial charge in [0.1, 0.15) is 0 Å². The lowest BCUT2D eigenvalue weighted by molar-refractivity contribution is 0.153. The van der Waals surface area contributed by atoms with Crippen LogP contribution in [-0.4, -0.2) is 24.5 Å². The van der Waals surface area contributed by atoms with E-state index in [-0.39, 0.29) is 11.5 Å². The van der Waals surface area contributed by atoms with Crippen molar-refractivity contribution in [1.82, 2.24) is 24.5 Å². The average Bonchev–Trinajstić information content (AvgIpc) is 3.40. The van der Waals surface area contributed by atoms with Gasteiger partial charge in [-0.2, -0.15) is 10.2 Å². The van der Waals surface area contributed by atoms with Crippen LogP contribution in [0.25, 0.3) is 28.0 Å². The largest absolute Gasteiger partial charge is 0.272 e. The van der Waals surface area contributed by atoms with Crippen molar-refractivity contribution in [3.05, 3.63) is 59.5 Å². The van der Waals surface area contributed by atoms with E-state index in [4.69, 9.17) is 10.1 Å². The van der Waals surface area contributed by atoms with Crippen LogP contribution in [0.5, 0.6) is 0 Å². The maximum Gasteiger partial charge on any atom is 0.264 e. The van der Waals surface area contributed by atoms with Gasteiger partial charge in [-0.3, -0.25) is 4.68 Å². The SMILES string of the molecule is CCn1cc(-c2cc(C(F)F)c3c(C4CC4)nn(-c4ccccc4)c3n2)c(C)n1. The van der Waals surface area contributed by atoms with Crippen molar-refractivity contribution in [2.45, 2.75) is 45.6 Å². The minimum atomic E-state index is -2.60. The first-order valence-corrected chi connectivity index (χ1v) is 9.88. The fourth-order valence-electron chi connectivity index (χ4n) is 3.80. The van der Waals surface area contributed by atoms with E-state index >= 15 is 0 Å². The molecular weight excluding hydrogens is 372 g/mol. The van der Waals surface area contributed by atoms with Crippen LogP contribution < -0.4 is 0 Å². The number of nitrogens with zero attached hydrogens (tertiary/aromatic N) is 5. The Morgan fingerprint density at radius 1 is 1.14 bits per heavy atom. The Morgan fingerprint density at radius 2 is 1.90 bits per heavy atom. The lowest BCUT2D eigenvalue weighted by Gasteiger charge is -2.08. The summed E-state index contributed by atoms with van der Waals surface area (Å²) in [6.45, 7) is 4.57. The van der Waals surface area contributed by atoms with Crippen LogP contribution >= 0.6 is 0 Å². The lowest BCUT2D eigenvalue weighted by Crippen LogP contribution is -1.99. The van der Waals surface area contributed by atoms with E-state index in [2.05, 4.69) is 5.10 Å². The second kappa shape index (κ2) is 6.76. The van der Waals surface area contributed by atoms with E-state index in [1.165, 1.54) is 6.07 Å². The lowest BCUT2D eigenvalue weighted by atomic mass is 10.0. The van der Waals surface area contributed by atoms with Gasteiger partial charge in [0.15, 0.2) is 5.65 Å². The Kier molecular flexibility index (Phi) is 4.19. The molecule has 3 aromatic heterocycles. The molecule has 0 radical (unpaired) electrons. The molecule has 0 unspecified atom stereocenters. The monoisotopic (exact) mass is 393 g/mol. The maximum absolute atomic E-state index is 14.2. The summed E-state index contributed by atoms with van der Waals surface area (Å²) < 4.78 is 31.8. The first-order chi connectivity index (χ1) is 14.1. The number of halogens is 2. The van der Waals surface area contributed by atoms with Crippen LogP contribution in [0, 0.1) is 6.92 Å². The van der Waals surface area contributed by atoms with Crippen LogP contribution in [0.15, 0.2) is 42.6 Å². The van der Waals surface area contributed by atoms with Crippen molar-refractivity contribution in [1.29, 1.82) is 0 Å². The second-order valence-electron chi connectivity index (χ2n) is 7.49. The van der Waals surface area contributed by atoms with E-state index in [9.17, 15) is 8.78 Å². The fraction of sp³-hybridized carbons (Fsp3) is 0.318. The number of aryl methyl sites for hydroxylation is 2. The smallest absolute Gasteiger partial charge is 0.264 e. The molecule has 148 valence electrons. The van der Waals surface area contributed by atoms with Crippen molar-refractivity contribution in [2.75, 3.05) is 0 Å². The molecule has 4 aromatic rings. The summed E-state index contributed by atoms with van der Waals surface area (Å²) in [5.74, 6) is 0.234. The number of para-hydroxylation sites is 1. The maximum atomic E-state index is 14.2. The van der Waals surface area contributed by atoms with Crippen molar-refractivity contribution >= 4 is 11.0 Å². The van der Waals surface area contributed by atoms with E-state index < -0.39 is 6.43 Å². The molecule has 0 atom stereocenters. The molecule has 0 aliphatic heterocycles. The molecule has 0 saturated heterocycles. The van der Waals surface area contributed by atoms with Gasteiger partial charge in [-0.25, -0.2) is 18.4 Å². The third kappa shape index (κ3) is 3.01. The summed E-state index contributed by atoms with van der Waals surface area (Å²) in [7, 11) is 0. The minimum absolute atomic E-state index is 0.00210. The standard InChI is InChI=1S/C22H21F2N5/c1-3-28-12-17(13(2)26-28)18-11-16(21(23)24)19-20(14-9-10-14)27-29(22(19)25-18)15-7-5-4-6-8-15/h4-8,11-12,14,21H,3,9-10H2,1-2H3. The number of hydrogen-bond donors (Lipinski definition) is 0. The number of aromatic nitrogens is 5. The predicted molar refractivity (Wildman–Crippen MR) is 107 cm³/mol. The quantitative estimate of drug-likeness (QED) is 0.454. The van der Waals surface area contributed by atoms with Gasteiger partial charge in [0.05, 0.1) is 28.2 Å². The molecule has 0 N–H and O–H groups in total. The molecular formula is C22H21F2N5. The van der Waals surface area contributed by atoms with Crippen molar-refractivity contribution < 1.29 is 8.78 Å². The Morgan fingerprint density at radius 3 is 2.52 bits per heavy atom. The van der Waals surface area contributed by atoms with Crippen LogP contribution in [0.4, 0.5) is 8.78 Å². The zero-order valence-corrected chi connectivity index (χ0v) is 16.3. The third-order valence-electron chi connectivity index (χ3n) is 5.44. The minimum Gasteiger partial charge on any atom is -0.272 e. The summed E-state index contributed by atoms with van der Waals surface area (Å²) in [5, 5.41) is 9.69. The molecule has 3 heterocycles. The fourth-order valence-corrected chi connectivity index (χ4v) is 3.80. The molecule has 5 nitrogen and oxygen atoms in total. The zero-order valence-electron chi connectivity index (χ0n) is 16.3. The van der Waals surface area contributed by atoms with E-state index in [1.807, 2.05) is 50.4 Å². The van der Waals surface area contributed by atoms with Gasteiger partial charge in [0.25, 0.3) is 6.43 Å². The normalized spacial score (nSPS) is 14.2. The highest BCUT2D eigenvalue weighted by atomic mass is 19.3. The van der Waals surface area contributed by atoms with Gasteiger partial charge in [0, 0.05) is 29.8 Å². The third-order valence-corrected chi connectivity index (χ3v) is 5.44. The molecule has 29 heavy (non-hydrogen) atoms. The summed E-state index contributed by atoms with van der Waals surface area (Å²) in [4.78, 5) is 4.82. The molecule has 1 aromatic carbocycles. The van der Waals surface area contributed by atoms with E-state index in [0.29, 0.717) is 23.3 Å². The number of fused-ring (bicyclic) bond motifs is 1. The Bertz CT molecular complexity index is 1190. The first kappa shape index (κ1) is 18.0. The molecule has 0 spiro atoms. The van der Waals surface area contributed by atoms with Crippen molar-refractivity contribution in [3.8, 4) is 16.9 Å². The Balaban J connectivity index is 1.82. The van der Waals surface area contributed by atoms with Crippen LogP contribution in [0.1, 0.15) is 49.1 Å². The second-order valence-corrected chi connectivity index (χ2v) is 7.49. The topological polar surface area (TPSA) is 48.5 Å². The highest BCUT2D eigenvalue weighted by molar-refractivity contribution is 5.87. The molecule has 1 fully saturated rings. The van der Waals surface area contributed by atoms with E-state index in [0.717, 1.165) is 35.5 Å². The van der Waals surface area contributed by atoms with Gasteiger partial charge < -0.3 is 0 Å². The summed E-state index contributed by atoms with van der Waals surface area (Å²) >= 11 is 0. The molecule has 7 heteroatoms. The highest BCUT2D eigenvalue weighted by Crippen LogP contribution is 2.45. The number of pyridine rings is 1. The predicted octanol–water partition coefficient (Wildman–Crippen LogP) is 5.43. The average molecular weight is 393 g/mol. The molecule has 1 aliphatic carbocycles. The number of rotatable bonds is 5. The van der Waals surface area contributed by atoms with Gasteiger partial charge in [0.2, 0.25) is 0 Å². The van der Waals surface area contributed by atoms with Crippen LogP contribution in [-0.2, 0) is 6.54 Å². The van der Waals surface area contributed by atoms with Crippen LogP contribution in [0.2, 0.25) is 0 Å².